The van der Waals surface area contributed by atoms with Crippen molar-refractivity contribution in [2.45, 2.75) is 0 Å². The molecule has 74 valence electrons. The first-order valence-electron chi connectivity index (χ1n) is 4.07. The van der Waals surface area contributed by atoms with Gasteiger partial charge in [-0.05, 0) is 29.8 Å². The van der Waals surface area contributed by atoms with Crippen molar-refractivity contribution in [2.24, 2.45) is 5.11 Å². The fraction of sp³-hybridized carbons (Fsp3) is 0.111. The zero-order valence-electron chi connectivity index (χ0n) is 7.71. The third-order valence-corrected chi connectivity index (χ3v) is 1.58. The summed E-state index contributed by atoms with van der Waals surface area (Å²) in [5.74, 6) is -0.391. The van der Waals surface area contributed by atoms with Gasteiger partial charge in [-0.25, -0.2) is 0 Å². The van der Waals surface area contributed by atoms with E-state index in [-0.39, 0.29) is 6.54 Å². The molecular formula is C9H7N5O. The fourth-order valence-corrected chi connectivity index (χ4v) is 0.924. The zero-order valence-corrected chi connectivity index (χ0v) is 7.71. The Hall–Kier alpha value is -2.51. The molecule has 6 heteroatoms. The molecule has 1 amide bonds. The summed E-state index contributed by atoms with van der Waals surface area (Å²) in [6.07, 6.45) is 0. The van der Waals surface area contributed by atoms with E-state index >= 15 is 0 Å². The molecule has 0 fully saturated rings. The van der Waals surface area contributed by atoms with E-state index < -0.39 is 5.91 Å². The monoisotopic (exact) mass is 201 g/mol. The van der Waals surface area contributed by atoms with Gasteiger partial charge >= 0.3 is 0 Å². The van der Waals surface area contributed by atoms with E-state index in [0.29, 0.717) is 11.3 Å². The van der Waals surface area contributed by atoms with E-state index in [1.54, 1.807) is 24.3 Å². The molecule has 15 heavy (non-hydrogen) atoms. The number of benzene rings is 1. The van der Waals surface area contributed by atoms with Crippen LogP contribution in [0, 0.1) is 11.3 Å². The maximum atomic E-state index is 11.1. The van der Waals surface area contributed by atoms with Crippen molar-refractivity contribution in [1.29, 1.82) is 5.26 Å². The molecular weight excluding hydrogens is 194 g/mol. The number of hydrogen-bond donors (Lipinski definition) is 1. The number of anilines is 1. The number of rotatable bonds is 3. The molecule has 0 bridgehead atoms. The number of azide groups is 1. The summed E-state index contributed by atoms with van der Waals surface area (Å²) in [6, 6.07) is 8.34. The second-order valence-electron chi connectivity index (χ2n) is 2.63. The Bertz CT molecular complexity index is 439. The number of nitriles is 1. The fourth-order valence-electron chi connectivity index (χ4n) is 0.924. The summed E-state index contributed by atoms with van der Waals surface area (Å²) < 4.78 is 0. The SMILES string of the molecule is N#Cc1ccc(NC(=O)CN=[N+]=[N-])cc1. The van der Waals surface area contributed by atoms with Crippen LogP contribution in [0.1, 0.15) is 5.56 Å². The first kappa shape index (κ1) is 10.6. The molecule has 1 rings (SSSR count). The topological polar surface area (TPSA) is 102 Å². The van der Waals surface area contributed by atoms with Crippen LogP contribution in [0.25, 0.3) is 10.4 Å². The van der Waals surface area contributed by atoms with Crippen LogP contribution < -0.4 is 5.32 Å². The average molecular weight is 201 g/mol. The first-order valence-corrected chi connectivity index (χ1v) is 4.07. The number of carbonyl (C=O) groups excluding carboxylic acids is 1. The van der Waals surface area contributed by atoms with Crippen molar-refractivity contribution in [2.75, 3.05) is 11.9 Å². The number of nitrogens with zero attached hydrogens (tertiary/aromatic N) is 4. The van der Waals surface area contributed by atoms with Crippen molar-refractivity contribution in [3.05, 3.63) is 40.3 Å². The molecule has 0 atom stereocenters. The molecule has 0 aliphatic heterocycles. The van der Waals surface area contributed by atoms with E-state index in [9.17, 15) is 4.79 Å². The van der Waals surface area contributed by atoms with Gasteiger partial charge in [-0.15, -0.1) is 0 Å². The molecule has 1 N–H and O–H groups in total. The highest BCUT2D eigenvalue weighted by atomic mass is 16.1. The maximum Gasteiger partial charge on any atom is 0.230 e. The molecule has 0 unspecified atom stereocenters. The van der Waals surface area contributed by atoms with Crippen LogP contribution in [0.5, 0.6) is 0 Å². The Labute approximate surface area is 85.8 Å². The highest BCUT2D eigenvalue weighted by Crippen LogP contribution is 2.08. The number of hydrogen-bond acceptors (Lipinski definition) is 3. The normalized spacial score (nSPS) is 8.47. The molecule has 6 nitrogen and oxygen atoms in total. The van der Waals surface area contributed by atoms with Gasteiger partial charge in [0.05, 0.1) is 11.6 Å². The Morgan fingerprint density at radius 2 is 2.20 bits per heavy atom. The number of carbonyl (C=O) groups is 1. The van der Waals surface area contributed by atoms with E-state index in [0.717, 1.165) is 0 Å². The summed E-state index contributed by atoms with van der Waals surface area (Å²) in [4.78, 5) is 13.6. The molecule has 1 aromatic rings. The predicted octanol–water partition coefficient (Wildman–Crippen LogP) is 1.81. The summed E-state index contributed by atoms with van der Waals surface area (Å²) in [7, 11) is 0. The van der Waals surface area contributed by atoms with Crippen LogP contribution in [0.15, 0.2) is 29.4 Å². The van der Waals surface area contributed by atoms with Gasteiger partial charge in [0.2, 0.25) is 5.91 Å². The molecule has 0 aliphatic carbocycles. The highest BCUT2D eigenvalue weighted by molar-refractivity contribution is 5.92. The third kappa shape index (κ3) is 3.38. The van der Waals surface area contributed by atoms with E-state index in [1.807, 2.05) is 6.07 Å². The second-order valence-corrected chi connectivity index (χ2v) is 2.63. The first-order chi connectivity index (χ1) is 7.26. The van der Waals surface area contributed by atoms with Gasteiger partial charge < -0.3 is 5.32 Å². The predicted molar refractivity (Wildman–Crippen MR) is 53.8 cm³/mol. The molecule has 0 saturated carbocycles. The molecule has 0 aliphatic rings. The maximum absolute atomic E-state index is 11.1. The number of nitrogens with one attached hydrogen (secondary N) is 1. The van der Waals surface area contributed by atoms with Gasteiger partial charge in [0.1, 0.15) is 6.54 Å². The largest absolute Gasteiger partial charge is 0.326 e. The number of amides is 1. The summed E-state index contributed by atoms with van der Waals surface area (Å²) in [5, 5.41) is 14.2. The van der Waals surface area contributed by atoms with E-state index in [2.05, 4.69) is 15.3 Å². The second kappa shape index (κ2) is 5.27. The van der Waals surface area contributed by atoms with Crippen LogP contribution in [0.4, 0.5) is 5.69 Å². The molecule has 1 aromatic carbocycles. The Morgan fingerprint density at radius 3 is 2.73 bits per heavy atom. The Balaban J connectivity index is 2.61. The van der Waals surface area contributed by atoms with Crippen molar-refractivity contribution in [1.82, 2.24) is 0 Å². The minimum atomic E-state index is -0.391. The van der Waals surface area contributed by atoms with Crippen LogP contribution in [0.3, 0.4) is 0 Å². The van der Waals surface area contributed by atoms with Crippen molar-refractivity contribution in [3.8, 4) is 6.07 Å². The molecule has 0 heterocycles. The molecule has 0 radical (unpaired) electrons. The molecule has 0 aromatic heterocycles. The molecule has 0 saturated heterocycles. The summed E-state index contributed by atoms with van der Waals surface area (Å²) in [5.41, 5.74) is 9.07. The lowest BCUT2D eigenvalue weighted by atomic mass is 10.2. The van der Waals surface area contributed by atoms with E-state index in [1.165, 1.54) is 0 Å². The van der Waals surface area contributed by atoms with E-state index in [4.69, 9.17) is 10.8 Å². The Morgan fingerprint density at radius 1 is 1.53 bits per heavy atom. The van der Waals surface area contributed by atoms with Gasteiger partial charge in [-0.3, -0.25) is 4.79 Å². The minimum absolute atomic E-state index is 0.240. The van der Waals surface area contributed by atoms with Gasteiger partial charge in [0.15, 0.2) is 0 Å². The lowest BCUT2D eigenvalue weighted by Crippen LogP contribution is -2.14. The third-order valence-electron chi connectivity index (χ3n) is 1.58. The van der Waals surface area contributed by atoms with Crippen molar-refractivity contribution in [3.63, 3.8) is 0 Å². The smallest absolute Gasteiger partial charge is 0.230 e. The summed E-state index contributed by atoms with van der Waals surface area (Å²) in [6.45, 7) is -0.240. The van der Waals surface area contributed by atoms with Gasteiger partial charge in [0, 0.05) is 10.6 Å². The summed E-state index contributed by atoms with van der Waals surface area (Å²) >= 11 is 0. The standard InChI is InChI=1S/C9H7N5O/c10-5-7-1-3-8(4-2-7)13-9(15)6-12-14-11/h1-4H,6H2,(H,13,15). The van der Waals surface area contributed by atoms with Crippen LogP contribution in [-0.2, 0) is 4.79 Å². The lowest BCUT2D eigenvalue weighted by molar-refractivity contribution is -0.114. The van der Waals surface area contributed by atoms with Crippen LogP contribution in [-0.4, -0.2) is 12.5 Å². The van der Waals surface area contributed by atoms with Gasteiger partial charge in [-0.1, -0.05) is 5.11 Å². The minimum Gasteiger partial charge on any atom is -0.326 e. The van der Waals surface area contributed by atoms with Crippen LogP contribution in [0.2, 0.25) is 0 Å². The molecule has 0 spiro atoms. The highest BCUT2D eigenvalue weighted by Gasteiger charge is 1.99. The Kier molecular flexibility index (Phi) is 3.71. The zero-order chi connectivity index (χ0) is 11.1. The lowest BCUT2D eigenvalue weighted by Gasteiger charge is -2.01. The van der Waals surface area contributed by atoms with Crippen molar-refractivity contribution >= 4 is 11.6 Å². The van der Waals surface area contributed by atoms with Gasteiger partial charge in [-0.2, -0.15) is 5.26 Å². The van der Waals surface area contributed by atoms with Gasteiger partial charge in [0.25, 0.3) is 0 Å². The average Bonchev–Trinajstić information content (AvgIpc) is 2.27. The quantitative estimate of drug-likeness (QED) is 0.457. The van der Waals surface area contributed by atoms with Crippen LogP contribution >= 0.6 is 0 Å². The van der Waals surface area contributed by atoms with Crippen molar-refractivity contribution < 1.29 is 4.79 Å².